The lowest BCUT2D eigenvalue weighted by atomic mass is 10.3. The highest BCUT2D eigenvalue weighted by atomic mass is 32.2. The molecule has 1 amide bonds. The predicted molar refractivity (Wildman–Crippen MR) is 84.7 cm³/mol. The van der Waals surface area contributed by atoms with Crippen molar-refractivity contribution in [2.24, 2.45) is 4.58 Å². The Balaban J connectivity index is 2.06. The summed E-state index contributed by atoms with van der Waals surface area (Å²) < 4.78 is 12.6. The molecule has 0 radical (unpaired) electrons. The summed E-state index contributed by atoms with van der Waals surface area (Å²) in [5.41, 5.74) is 1.19. The van der Waals surface area contributed by atoms with Gasteiger partial charge >= 0.3 is 5.97 Å². The Bertz CT molecular complexity index is 671. The van der Waals surface area contributed by atoms with Gasteiger partial charge in [0.15, 0.2) is 5.58 Å². The minimum Gasteiger partial charge on any atom is -0.468 e. The van der Waals surface area contributed by atoms with Crippen molar-refractivity contribution in [2.45, 2.75) is 6.04 Å². The molecule has 1 aromatic heterocycles. The predicted octanol–water partition coefficient (Wildman–Crippen LogP) is 1.31. The van der Waals surface area contributed by atoms with Crippen molar-refractivity contribution < 1.29 is 18.7 Å². The monoisotopic (exact) mass is 338 g/mol. The lowest BCUT2D eigenvalue weighted by Crippen LogP contribution is -2.43. The topological polar surface area (TPSA) is 123 Å². The molecule has 10 heteroatoms. The first-order chi connectivity index (χ1) is 11.1. The highest BCUT2D eigenvalue weighted by Gasteiger charge is 2.22. The van der Waals surface area contributed by atoms with Crippen molar-refractivity contribution >= 4 is 40.9 Å². The van der Waals surface area contributed by atoms with E-state index in [1.54, 1.807) is 24.3 Å². The second-order valence-electron chi connectivity index (χ2n) is 4.35. The van der Waals surface area contributed by atoms with Gasteiger partial charge in [0.25, 0.3) is 6.01 Å². The molecule has 23 heavy (non-hydrogen) atoms. The number of methoxy groups -OCH3 is 1. The number of aromatic nitrogens is 1. The molecule has 0 fully saturated rings. The average molecular weight is 338 g/mol. The van der Waals surface area contributed by atoms with Gasteiger partial charge in [-0.1, -0.05) is 12.1 Å². The Hall–Kier alpha value is -2.62. The molecule has 0 saturated heterocycles. The van der Waals surface area contributed by atoms with E-state index in [-0.39, 0.29) is 18.3 Å². The molecule has 0 spiro atoms. The van der Waals surface area contributed by atoms with Gasteiger partial charge in [0.2, 0.25) is 5.91 Å². The maximum Gasteiger partial charge on any atom is 0.325 e. The van der Waals surface area contributed by atoms with Crippen LogP contribution in [0.3, 0.4) is 0 Å². The quantitative estimate of drug-likeness (QED) is 0.419. The number of para-hydroxylation sites is 2. The number of carbonyl (C=O) groups excluding carboxylic acids is 2. The Labute approximate surface area is 135 Å². The molecule has 122 valence electrons. The van der Waals surface area contributed by atoms with Crippen LogP contribution in [0.25, 0.3) is 11.1 Å². The third-order valence-corrected chi connectivity index (χ3v) is 3.42. The number of esters is 1. The molecule has 2 N–H and O–H groups in total. The largest absolute Gasteiger partial charge is 0.468 e. The number of fused-ring (bicyclic) bond motifs is 1. The molecule has 0 bridgehead atoms. The van der Waals surface area contributed by atoms with Crippen LogP contribution in [0.5, 0.6) is 0 Å². The van der Waals surface area contributed by atoms with E-state index in [1.165, 1.54) is 7.11 Å². The average Bonchev–Trinajstić information content (AvgIpc) is 2.98. The first-order valence-electron chi connectivity index (χ1n) is 6.55. The van der Waals surface area contributed by atoms with Gasteiger partial charge in [-0.3, -0.25) is 9.59 Å². The maximum atomic E-state index is 12.1. The summed E-state index contributed by atoms with van der Waals surface area (Å²) >= 11 is 0.671. The Morgan fingerprint density at radius 1 is 1.43 bits per heavy atom. The number of hydrogen-bond acceptors (Lipinski definition) is 9. The molecule has 9 nitrogen and oxygen atoms in total. The highest BCUT2D eigenvalue weighted by Crippen LogP contribution is 2.19. The minimum absolute atomic E-state index is 0.0508. The summed E-state index contributed by atoms with van der Waals surface area (Å²) in [6.45, 7) is -0.278. The van der Waals surface area contributed by atoms with E-state index in [2.05, 4.69) is 24.9 Å². The molecule has 2 rings (SSSR count). The van der Waals surface area contributed by atoms with Crippen LogP contribution in [0, 0.1) is 4.91 Å². The van der Waals surface area contributed by atoms with Crippen LogP contribution >= 0.6 is 11.9 Å². The van der Waals surface area contributed by atoms with Crippen LogP contribution in [-0.4, -0.2) is 42.3 Å². The van der Waals surface area contributed by atoms with Gasteiger partial charge in [0.05, 0.1) is 7.11 Å². The van der Waals surface area contributed by atoms with Crippen molar-refractivity contribution in [2.75, 3.05) is 24.7 Å². The number of amides is 1. The van der Waals surface area contributed by atoms with E-state index in [0.717, 1.165) is 0 Å². The Morgan fingerprint density at radius 3 is 2.91 bits per heavy atom. The normalized spacial score (nSPS) is 11.7. The third kappa shape index (κ3) is 4.68. The highest BCUT2D eigenvalue weighted by molar-refractivity contribution is 7.97. The molecule has 0 saturated carbocycles. The summed E-state index contributed by atoms with van der Waals surface area (Å²) in [6, 6.07) is 6.39. The number of ether oxygens (including phenoxy) is 1. The van der Waals surface area contributed by atoms with Gasteiger partial charge in [-0.2, -0.15) is 4.98 Å². The molecule has 1 atom stereocenters. The molecule has 1 unspecified atom stereocenters. The standard InChI is InChI=1S/C13H14N4O5S/c1-21-11(18)6-14-12(19)9(7-23-17-20)16-13-15-8-4-2-3-5-10(8)22-13/h2-5,9H,6-7H2,1H3,(H,14,19)(H,15,16). The zero-order valence-corrected chi connectivity index (χ0v) is 13.0. The molecule has 1 aromatic carbocycles. The molecule has 2 aromatic rings. The van der Waals surface area contributed by atoms with E-state index in [9.17, 15) is 14.5 Å². The lowest BCUT2D eigenvalue weighted by molar-refractivity contribution is -0.141. The zero-order valence-electron chi connectivity index (χ0n) is 12.1. The van der Waals surface area contributed by atoms with Gasteiger partial charge in [-0.25, -0.2) is 0 Å². The number of benzene rings is 1. The van der Waals surface area contributed by atoms with E-state index < -0.39 is 17.9 Å². The summed E-state index contributed by atoms with van der Waals surface area (Å²) in [7, 11) is 1.22. The van der Waals surface area contributed by atoms with Crippen LogP contribution in [0.4, 0.5) is 6.01 Å². The van der Waals surface area contributed by atoms with Gasteiger partial charge in [0, 0.05) is 22.3 Å². The van der Waals surface area contributed by atoms with Gasteiger partial charge in [0.1, 0.15) is 18.1 Å². The third-order valence-electron chi connectivity index (χ3n) is 2.84. The summed E-state index contributed by atoms with van der Waals surface area (Å²) in [6.07, 6.45) is 0. The van der Waals surface area contributed by atoms with Crippen molar-refractivity contribution in [1.82, 2.24) is 10.3 Å². The first kappa shape index (κ1) is 16.7. The van der Waals surface area contributed by atoms with Gasteiger partial charge in [-0.15, -0.1) is 4.91 Å². The number of hydrogen-bond donors (Lipinski definition) is 2. The lowest BCUT2D eigenvalue weighted by Gasteiger charge is -2.14. The van der Waals surface area contributed by atoms with Crippen LogP contribution in [0.1, 0.15) is 0 Å². The van der Waals surface area contributed by atoms with Crippen molar-refractivity contribution in [3.8, 4) is 0 Å². The molecule has 0 aliphatic rings. The number of nitrogens with one attached hydrogen (secondary N) is 2. The van der Waals surface area contributed by atoms with E-state index >= 15 is 0 Å². The first-order valence-corrected chi connectivity index (χ1v) is 7.49. The maximum absolute atomic E-state index is 12.1. The van der Waals surface area contributed by atoms with E-state index in [1.807, 2.05) is 0 Å². The molecular formula is C13H14N4O5S. The molecular weight excluding hydrogens is 324 g/mol. The fraction of sp³-hybridized carbons (Fsp3) is 0.308. The zero-order chi connectivity index (χ0) is 16.7. The van der Waals surface area contributed by atoms with Crippen molar-refractivity contribution in [3.05, 3.63) is 29.2 Å². The van der Waals surface area contributed by atoms with E-state index in [4.69, 9.17) is 4.42 Å². The fourth-order valence-corrected chi connectivity index (χ4v) is 2.17. The summed E-state index contributed by atoms with van der Waals surface area (Å²) in [4.78, 5) is 37.6. The molecule has 1 heterocycles. The van der Waals surface area contributed by atoms with Crippen LogP contribution in [-0.2, 0) is 14.3 Å². The second kappa shape index (κ2) is 8.13. The second-order valence-corrected chi connectivity index (χ2v) is 5.09. The number of anilines is 1. The Morgan fingerprint density at radius 2 is 2.22 bits per heavy atom. The van der Waals surface area contributed by atoms with E-state index in [0.29, 0.717) is 23.0 Å². The smallest absolute Gasteiger partial charge is 0.325 e. The van der Waals surface area contributed by atoms with Gasteiger partial charge < -0.3 is 19.8 Å². The molecule has 0 aliphatic heterocycles. The SMILES string of the molecule is COC(=O)CNC(=O)C(CSN=O)Nc1nc2ccccc2o1. The fourth-order valence-electron chi connectivity index (χ4n) is 1.73. The summed E-state index contributed by atoms with van der Waals surface area (Å²) in [5, 5.41) is 5.18. The van der Waals surface area contributed by atoms with Crippen LogP contribution < -0.4 is 10.6 Å². The minimum atomic E-state index is -0.851. The van der Waals surface area contributed by atoms with Crippen LogP contribution in [0.2, 0.25) is 0 Å². The summed E-state index contributed by atoms with van der Waals surface area (Å²) in [5.74, 6) is -1.04. The van der Waals surface area contributed by atoms with Crippen molar-refractivity contribution in [1.29, 1.82) is 0 Å². The number of rotatable bonds is 8. The number of oxazole rings is 1. The Kier molecular flexibility index (Phi) is 5.92. The number of nitrogens with zero attached hydrogens (tertiary/aromatic N) is 2. The number of carbonyl (C=O) groups is 2. The van der Waals surface area contributed by atoms with Crippen LogP contribution in [0.15, 0.2) is 33.3 Å². The molecule has 0 aliphatic carbocycles. The van der Waals surface area contributed by atoms with Gasteiger partial charge in [-0.05, 0) is 12.1 Å². The number of nitroso groups, excluding NO2 is 1. The van der Waals surface area contributed by atoms with Crippen molar-refractivity contribution in [3.63, 3.8) is 0 Å².